The highest BCUT2D eigenvalue weighted by molar-refractivity contribution is 5.80. The fourth-order valence-corrected chi connectivity index (χ4v) is 8.87. The van der Waals surface area contributed by atoms with Gasteiger partial charge in [0.15, 0.2) is 0 Å². The van der Waals surface area contributed by atoms with Crippen molar-refractivity contribution >= 4 is 18.4 Å². The van der Waals surface area contributed by atoms with E-state index in [0.717, 1.165) is 56.9 Å². The lowest BCUT2D eigenvalue weighted by Crippen LogP contribution is -2.57. The van der Waals surface area contributed by atoms with Gasteiger partial charge in [0.2, 0.25) is 0 Å². The number of carboxylic acids is 1. The molecule has 4 aliphatic carbocycles. The number of rotatable bonds is 6. The van der Waals surface area contributed by atoms with E-state index in [2.05, 4.69) is 6.92 Å². The number of carbonyl (C=O) groups excluding carboxylic acids is 2. The molecular weight excluding hydrogens is 408 g/mol. The Hall–Kier alpha value is -1.85. The van der Waals surface area contributed by atoms with Crippen LogP contribution in [0.4, 0.5) is 0 Å². The molecule has 6 heteroatoms. The number of ether oxygens (including phenoxy) is 2. The minimum Gasteiger partial charge on any atom is -0.478 e. The number of carbonyl (C=O) groups is 3. The molecule has 0 amide bonds. The van der Waals surface area contributed by atoms with E-state index in [4.69, 9.17) is 9.47 Å². The monoisotopic (exact) mass is 446 g/mol. The van der Waals surface area contributed by atoms with Crippen LogP contribution in [0.1, 0.15) is 78.6 Å². The van der Waals surface area contributed by atoms with Crippen LogP contribution in [0.15, 0.2) is 11.6 Å². The Morgan fingerprint density at radius 1 is 1.03 bits per heavy atom. The minimum atomic E-state index is -0.849. The van der Waals surface area contributed by atoms with Gasteiger partial charge in [0, 0.05) is 18.4 Å². The smallest absolute Gasteiger partial charge is 0.328 e. The molecule has 4 rings (SSSR count). The van der Waals surface area contributed by atoms with Crippen molar-refractivity contribution in [2.75, 3.05) is 6.61 Å². The Bertz CT molecular complexity index is 789. The highest BCUT2D eigenvalue weighted by Crippen LogP contribution is 2.68. The first kappa shape index (κ1) is 23.3. The Labute approximate surface area is 191 Å². The Balaban J connectivity index is 1.59. The second-order valence-electron chi connectivity index (χ2n) is 11.2. The van der Waals surface area contributed by atoms with Crippen LogP contribution >= 0.6 is 0 Å². The maximum absolute atomic E-state index is 11.5. The van der Waals surface area contributed by atoms with Gasteiger partial charge >= 0.3 is 11.9 Å². The summed E-state index contributed by atoms with van der Waals surface area (Å²) in [6.07, 6.45) is 10.7. The van der Waals surface area contributed by atoms with E-state index in [0.29, 0.717) is 42.7 Å². The molecule has 0 aromatic heterocycles. The summed E-state index contributed by atoms with van der Waals surface area (Å²) in [5.74, 6) is 1.38. The van der Waals surface area contributed by atoms with Gasteiger partial charge in [-0.3, -0.25) is 9.59 Å². The normalized spacial score (nSPS) is 43.4. The number of fused-ring (bicyclic) bond motifs is 5. The summed E-state index contributed by atoms with van der Waals surface area (Å²) in [5, 5.41) is 9.28. The average molecular weight is 447 g/mol. The van der Waals surface area contributed by atoms with Crippen molar-refractivity contribution in [3.63, 3.8) is 0 Å². The van der Waals surface area contributed by atoms with Crippen molar-refractivity contribution < 1.29 is 29.0 Å². The van der Waals surface area contributed by atoms with Crippen molar-refractivity contribution in [1.29, 1.82) is 0 Å². The third-order valence-corrected chi connectivity index (χ3v) is 9.97. The van der Waals surface area contributed by atoms with Crippen molar-refractivity contribution in [2.45, 2.75) is 84.7 Å². The zero-order valence-electron chi connectivity index (χ0n) is 19.7. The largest absolute Gasteiger partial charge is 0.478 e. The molecule has 8 atom stereocenters. The maximum atomic E-state index is 11.5. The molecule has 4 saturated carbocycles. The molecular formula is C26H38O6. The average Bonchev–Trinajstić information content (AvgIpc) is 3.08. The number of aliphatic carboxylic acids is 1. The van der Waals surface area contributed by atoms with E-state index in [1.165, 1.54) is 19.4 Å². The summed E-state index contributed by atoms with van der Waals surface area (Å²) in [6, 6.07) is 0. The fourth-order valence-electron chi connectivity index (χ4n) is 8.87. The second-order valence-corrected chi connectivity index (χ2v) is 11.2. The summed E-state index contributed by atoms with van der Waals surface area (Å²) >= 11 is 0. The summed E-state index contributed by atoms with van der Waals surface area (Å²) < 4.78 is 11.1. The molecule has 6 nitrogen and oxygen atoms in total. The van der Waals surface area contributed by atoms with Crippen LogP contribution in [0, 0.1) is 40.4 Å². The molecule has 4 aliphatic rings. The molecule has 0 aromatic rings. The third-order valence-electron chi connectivity index (χ3n) is 9.97. The van der Waals surface area contributed by atoms with Gasteiger partial charge in [0.05, 0.1) is 6.61 Å². The minimum absolute atomic E-state index is 0.0214. The molecule has 0 radical (unpaired) electrons. The Morgan fingerprint density at radius 2 is 1.81 bits per heavy atom. The lowest BCUT2D eigenvalue weighted by atomic mass is 9.44. The molecule has 0 aromatic carbocycles. The van der Waals surface area contributed by atoms with Crippen molar-refractivity contribution in [2.24, 2.45) is 40.4 Å². The number of hydrogen-bond acceptors (Lipinski definition) is 5. The van der Waals surface area contributed by atoms with Crippen LogP contribution in [0.5, 0.6) is 0 Å². The summed E-state index contributed by atoms with van der Waals surface area (Å²) in [5.41, 5.74) is 1.13. The topological polar surface area (TPSA) is 89.9 Å². The van der Waals surface area contributed by atoms with Gasteiger partial charge in [0.25, 0.3) is 6.47 Å². The van der Waals surface area contributed by atoms with E-state index in [-0.39, 0.29) is 22.9 Å². The second kappa shape index (κ2) is 8.83. The first-order valence-corrected chi connectivity index (χ1v) is 12.3. The number of carboxylic acid groups (broad SMARTS) is 1. The van der Waals surface area contributed by atoms with Crippen molar-refractivity contribution in [1.82, 2.24) is 0 Å². The van der Waals surface area contributed by atoms with Crippen molar-refractivity contribution in [3.05, 3.63) is 11.6 Å². The Morgan fingerprint density at radius 3 is 2.50 bits per heavy atom. The summed E-state index contributed by atoms with van der Waals surface area (Å²) in [6.45, 7) is 6.92. The molecule has 32 heavy (non-hydrogen) atoms. The summed E-state index contributed by atoms with van der Waals surface area (Å²) in [4.78, 5) is 34.0. The molecule has 0 unspecified atom stereocenters. The van der Waals surface area contributed by atoms with Gasteiger partial charge in [-0.1, -0.05) is 12.5 Å². The van der Waals surface area contributed by atoms with Crippen LogP contribution in [0.3, 0.4) is 0 Å². The fraction of sp³-hybridized carbons (Fsp3) is 0.808. The van der Waals surface area contributed by atoms with E-state index in [9.17, 15) is 19.5 Å². The Kier molecular flexibility index (Phi) is 6.43. The third kappa shape index (κ3) is 3.88. The zero-order chi connectivity index (χ0) is 23.1. The van der Waals surface area contributed by atoms with E-state index >= 15 is 0 Å². The molecule has 0 spiro atoms. The molecule has 4 fully saturated rings. The van der Waals surface area contributed by atoms with Crippen LogP contribution < -0.4 is 0 Å². The van der Waals surface area contributed by atoms with Gasteiger partial charge in [-0.15, -0.1) is 0 Å². The van der Waals surface area contributed by atoms with E-state index in [1.807, 2.05) is 6.92 Å². The van der Waals surface area contributed by atoms with Crippen LogP contribution in [-0.4, -0.2) is 36.2 Å². The number of hydrogen-bond donors (Lipinski definition) is 1. The number of allylic oxidation sites excluding steroid dienone is 1. The standard InChI is InChI=1S/C26H38O6/c1-16(12-24(29)30)21-6-7-22-20-5-4-18-13-19(32-17(2)28)8-11-26(18,14-31-15-27)23(20)9-10-25(21,22)3/h12,15,18-23H,4-11,13-14H2,1-3H3,(H,29,30)/b16-12-/t18-,19-,20-,21+,22-,23-,25+,26+/m0/s1. The predicted octanol–water partition coefficient (Wildman–Crippen LogP) is 4.76. The SMILES string of the molecule is CC(=O)O[C@H]1CC[C@@]2(COC=O)[C@@H](CC[C@H]3[C@@H]4CC[C@H](/C(C)=C\C(=O)O)[C@@]4(C)CC[C@@H]32)C1. The van der Waals surface area contributed by atoms with E-state index in [1.54, 1.807) is 0 Å². The van der Waals surface area contributed by atoms with Crippen LogP contribution in [0.25, 0.3) is 0 Å². The zero-order valence-corrected chi connectivity index (χ0v) is 19.7. The molecule has 0 aliphatic heterocycles. The quantitative estimate of drug-likeness (QED) is 0.359. The predicted molar refractivity (Wildman–Crippen MR) is 119 cm³/mol. The van der Waals surface area contributed by atoms with Gasteiger partial charge in [0.1, 0.15) is 6.10 Å². The summed E-state index contributed by atoms with van der Waals surface area (Å²) in [7, 11) is 0. The highest BCUT2D eigenvalue weighted by atomic mass is 16.5. The van der Waals surface area contributed by atoms with Gasteiger partial charge in [-0.2, -0.15) is 0 Å². The lowest BCUT2D eigenvalue weighted by molar-refractivity contribution is -0.176. The van der Waals surface area contributed by atoms with Crippen LogP contribution in [-0.2, 0) is 23.9 Å². The first-order chi connectivity index (χ1) is 15.2. The van der Waals surface area contributed by atoms with Crippen molar-refractivity contribution in [3.8, 4) is 0 Å². The first-order valence-electron chi connectivity index (χ1n) is 12.3. The molecule has 0 bridgehead atoms. The maximum Gasteiger partial charge on any atom is 0.328 e. The molecule has 0 saturated heterocycles. The molecule has 178 valence electrons. The number of esters is 1. The molecule has 1 N–H and O–H groups in total. The van der Waals surface area contributed by atoms with Gasteiger partial charge < -0.3 is 14.6 Å². The van der Waals surface area contributed by atoms with Crippen LogP contribution in [0.2, 0.25) is 0 Å². The molecule has 0 heterocycles. The van der Waals surface area contributed by atoms with E-state index < -0.39 is 5.97 Å². The van der Waals surface area contributed by atoms with Gasteiger partial charge in [-0.05, 0) is 99.7 Å². The lowest BCUT2D eigenvalue weighted by Gasteiger charge is -2.61. The highest BCUT2D eigenvalue weighted by Gasteiger charge is 2.62. The van der Waals surface area contributed by atoms with Gasteiger partial charge in [-0.25, -0.2) is 4.79 Å².